The van der Waals surface area contributed by atoms with Crippen LogP contribution in [0.3, 0.4) is 0 Å². The molecule has 1 amide bonds. The van der Waals surface area contributed by atoms with Crippen LogP contribution in [0.5, 0.6) is 5.75 Å². The number of likely N-dealkylation sites (tertiary alicyclic amines) is 1. The summed E-state index contributed by atoms with van der Waals surface area (Å²) in [5.74, 6) is 0.0123. The number of hydrogen-bond donors (Lipinski definition) is 0. The topological polar surface area (TPSA) is 65.1 Å². The Morgan fingerprint density at radius 2 is 2.24 bits per heavy atom. The van der Waals surface area contributed by atoms with Crippen LogP contribution >= 0.6 is 0 Å². The van der Waals surface area contributed by atoms with Crippen LogP contribution in [0.4, 0.5) is 0 Å². The van der Waals surface area contributed by atoms with Gasteiger partial charge in [-0.15, -0.1) is 6.58 Å². The zero-order chi connectivity index (χ0) is 18.2. The van der Waals surface area contributed by atoms with Crippen molar-refractivity contribution in [2.75, 3.05) is 26.9 Å². The first-order valence-electron chi connectivity index (χ1n) is 8.39. The van der Waals surface area contributed by atoms with Crippen molar-refractivity contribution in [1.82, 2.24) is 4.90 Å². The Morgan fingerprint density at radius 3 is 2.96 bits per heavy atom. The van der Waals surface area contributed by atoms with Crippen molar-refractivity contribution in [3.05, 3.63) is 42.5 Å². The van der Waals surface area contributed by atoms with Crippen LogP contribution in [0.15, 0.2) is 36.9 Å². The number of amides is 1. The molecule has 0 saturated carbocycles. The summed E-state index contributed by atoms with van der Waals surface area (Å²) in [5.41, 5.74) is 1.03. The first-order valence-corrected chi connectivity index (χ1v) is 8.39. The van der Waals surface area contributed by atoms with E-state index in [0.717, 1.165) is 24.2 Å². The lowest BCUT2D eigenvalue weighted by Crippen LogP contribution is -2.35. The number of methoxy groups -OCH3 is 1. The van der Waals surface area contributed by atoms with Gasteiger partial charge in [0, 0.05) is 6.54 Å². The first-order chi connectivity index (χ1) is 12.1. The Labute approximate surface area is 148 Å². The molecule has 2 unspecified atom stereocenters. The van der Waals surface area contributed by atoms with E-state index in [0.29, 0.717) is 6.54 Å². The molecule has 0 spiro atoms. The van der Waals surface area contributed by atoms with Crippen LogP contribution in [0.2, 0.25) is 0 Å². The fourth-order valence-corrected chi connectivity index (χ4v) is 2.87. The highest BCUT2D eigenvalue weighted by Crippen LogP contribution is 2.33. The minimum Gasteiger partial charge on any atom is -0.497 e. The van der Waals surface area contributed by atoms with Gasteiger partial charge < -0.3 is 19.1 Å². The molecule has 6 nitrogen and oxygen atoms in total. The molecule has 2 rings (SSSR count). The van der Waals surface area contributed by atoms with Crippen molar-refractivity contribution < 1.29 is 23.8 Å². The first kappa shape index (κ1) is 19.0. The van der Waals surface area contributed by atoms with Crippen LogP contribution < -0.4 is 4.74 Å². The van der Waals surface area contributed by atoms with Gasteiger partial charge >= 0.3 is 5.97 Å². The van der Waals surface area contributed by atoms with Crippen molar-refractivity contribution >= 4 is 11.9 Å². The van der Waals surface area contributed by atoms with Crippen molar-refractivity contribution in [1.29, 1.82) is 0 Å². The highest BCUT2D eigenvalue weighted by Gasteiger charge is 2.31. The van der Waals surface area contributed by atoms with Gasteiger partial charge in [-0.2, -0.15) is 0 Å². The molecule has 0 aromatic heterocycles. The van der Waals surface area contributed by atoms with Crippen LogP contribution in [0.25, 0.3) is 0 Å². The second kappa shape index (κ2) is 9.22. The van der Waals surface area contributed by atoms with E-state index in [4.69, 9.17) is 14.2 Å². The maximum atomic E-state index is 12.5. The molecule has 1 heterocycles. The maximum Gasteiger partial charge on any atom is 0.335 e. The Balaban J connectivity index is 1.93. The van der Waals surface area contributed by atoms with Crippen LogP contribution in [-0.4, -0.2) is 49.7 Å². The quantitative estimate of drug-likeness (QED) is 0.534. The standard InChI is InChI=1S/C19H25NO5/c1-4-11-24-14(2)19(22)25-13-18(21)20-10-6-9-17(20)15-7-5-8-16(12-15)23-3/h4-5,7-8,12,14,17H,1,6,9-11,13H2,2-3H3. The fraction of sp³-hybridized carbons (Fsp3) is 0.474. The molecule has 0 N–H and O–H groups in total. The normalized spacial score (nSPS) is 17.8. The Morgan fingerprint density at radius 1 is 1.44 bits per heavy atom. The number of ether oxygens (including phenoxy) is 3. The molecule has 25 heavy (non-hydrogen) atoms. The van der Waals surface area contributed by atoms with E-state index in [1.807, 2.05) is 24.3 Å². The monoisotopic (exact) mass is 347 g/mol. The molecule has 1 aliphatic heterocycles. The summed E-state index contributed by atoms with van der Waals surface area (Å²) in [7, 11) is 1.62. The van der Waals surface area contributed by atoms with Crippen molar-refractivity contribution in [2.24, 2.45) is 0 Å². The fourth-order valence-electron chi connectivity index (χ4n) is 2.87. The number of carbonyl (C=O) groups is 2. The number of esters is 1. The third-order valence-electron chi connectivity index (χ3n) is 4.19. The van der Waals surface area contributed by atoms with Gasteiger partial charge in [-0.05, 0) is 37.5 Å². The molecule has 136 valence electrons. The average Bonchev–Trinajstić information content (AvgIpc) is 3.13. The van der Waals surface area contributed by atoms with E-state index in [-0.39, 0.29) is 25.2 Å². The van der Waals surface area contributed by atoms with Crippen molar-refractivity contribution in [3.63, 3.8) is 0 Å². The van der Waals surface area contributed by atoms with Gasteiger partial charge in [0.05, 0.1) is 19.8 Å². The minimum absolute atomic E-state index is 0.0178. The van der Waals surface area contributed by atoms with Gasteiger partial charge in [0.2, 0.25) is 0 Å². The molecule has 0 radical (unpaired) electrons. The molecule has 0 aliphatic carbocycles. The van der Waals surface area contributed by atoms with E-state index in [1.54, 1.807) is 25.0 Å². The van der Waals surface area contributed by atoms with Gasteiger partial charge in [-0.3, -0.25) is 4.79 Å². The summed E-state index contributed by atoms with van der Waals surface area (Å²) in [6, 6.07) is 7.68. The zero-order valence-electron chi connectivity index (χ0n) is 14.8. The number of hydrogen-bond acceptors (Lipinski definition) is 5. The molecule has 1 aromatic rings. The number of nitrogens with zero attached hydrogens (tertiary/aromatic N) is 1. The van der Waals surface area contributed by atoms with Gasteiger partial charge in [0.25, 0.3) is 5.91 Å². The van der Waals surface area contributed by atoms with E-state index >= 15 is 0 Å². The third kappa shape index (κ3) is 5.06. The Kier molecular flexibility index (Phi) is 7.01. The smallest absolute Gasteiger partial charge is 0.335 e. The molecular weight excluding hydrogens is 322 g/mol. The van der Waals surface area contributed by atoms with E-state index < -0.39 is 12.1 Å². The van der Waals surface area contributed by atoms with E-state index in [1.165, 1.54) is 0 Å². The van der Waals surface area contributed by atoms with Crippen LogP contribution in [0.1, 0.15) is 31.4 Å². The number of benzene rings is 1. The highest BCUT2D eigenvalue weighted by atomic mass is 16.6. The lowest BCUT2D eigenvalue weighted by molar-refractivity contribution is -0.160. The van der Waals surface area contributed by atoms with Gasteiger partial charge in [-0.25, -0.2) is 4.79 Å². The minimum atomic E-state index is -0.724. The van der Waals surface area contributed by atoms with E-state index in [9.17, 15) is 9.59 Å². The predicted molar refractivity (Wildman–Crippen MR) is 93.3 cm³/mol. The van der Waals surface area contributed by atoms with Gasteiger partial charge in [-0.1, -0.05) is 18.2 Å². The largest absolute Gasteiger partial charge is 0.497 e. The molecule has 6 heteroatoms. The Bertz CT molecular complexity index is 616. The van der Waals surface area contributed by atoms with Crippen LogP contribution in [0, 0.1) is 0 Å². The molecule has 2 atom stereocenters. The second-order valence-electron chi connectivity index (χ2n) is 5.89. The van der Waals surface area contributed by atoms with E-state index in [2.05, 4.69) is 6.58 Å². The maximum absolute atomic E-state index is 12.5. The highest BCUT2D eigenvalue weighted by molar-refractivity contribution is 5.82. The summed E-state index contributed by atoms with van der Waals surface area (Å²) in [4.78, 5) is 26.1. The summed E-state index contributed by atoms with van der Waals surface area (Å²) in [6.07, 6.45) is 2.63. The molecule has 1 saturated heterocycles. The van der Waals surface area contributed by atoms with Crippen LogP contribution in [-0.2, 0) is 19.1 Å². The molecular formula is C19H25NO5. The Hall–Kier alpha value is -2.34. The lowest BCUT2D eigenvalue weighted by Gasteiger charge is -2.25. The molecule has 1 aliphatic rings. The summed E-state index contributed by atoms with van der Waals surface area (Å²) in [5, 5.41) is 0. The number of rotatable bonds is 8. The van der Waals surface area contributed by atoms with Crippen molar-refractivity contribution in [3.8, 4) is 5.75 Å². The van der Waals surface area contributed by atoms with Gasteiger partial charge in [0.1, 0.15) is 5.75 Å². The van der Waals surface area contributed by atoms with Crippen molar-refractivity contribution in [2.45, 2.75) is 31.9 Å². The molecule has 1 aromatic carbocycles. The second-order valence-corrected chi connectivity index (χ2v) is 5.89. The summed E-state index contributed by atoms with van der Waals surface area (Å²) >= 11 is 0. The average molecular weight is 347 g/mol. The molecule has 1 fully saturated rings. The third-order valence-corrected chi connectivity index (χ3v) is 4.19. The SMILES string of the molecule is C=CCOC(C)C(=O)OCC(=O)N1CCCC1c1cccc(OC)c1. The zero-order valence-corrected chi connectivity index (χ0v) is 14.8. The molecule has 0 bridgehead atoms. The number of carbonyl (C=O) groups excluding carboxylic acids is 2. The summed E-state index contributed by atoms with van der Waals surface area (Å²) in [6.45, 7) is 5.74. The predicted octanol–water partition coefficient (Wildman–Crippen LogP) is 2.49. The van der Waals surface area contributed by atoms with Gasteiger partial charge in [0.15, 0.2) is 12.7 Å². The summed E-state index contributed by atoms with van der Waals surface area (Å²) < 4.78 is 15.5. The lowest BCUT2D eigenvalue weighted by atomic mass is 10.0.